The molecule has 2 heterocycles. The molecule has 3 rings (SSSR count). The average Bonchev–Trinajstić information content (AvgIpc) is 2.47. The van der Waals surface area contributed by atoms with Gasteiger partial charge in [0.1, 0.15) is 0 Å². The van der Waals surface area contributed by atoms with Gasteiger partial charge in [0.15, 0.2) is 0 Å². The van der Waals surface area contributed by atoms with E-state index in [4.69, 9.17) is 0 Å². The predicted molar refractivity (Wildman–Crippen MR) is 95.6 cm³/mol. The zero-order chi connectivity index (χ0) is 15.4. The molecule has 2 aliphatic heterocycles. The van der Waals surface area contributed by atoms with Crippen molar-refractivity contribution in [2.75, 3.05) is 19.6 Å². The molecule has 23 heavy (non-hydrogen) atoms. The molecule has 1 unspecified atom stereocenters. The van der Waals surface area contributed by atoms with Gasteiger partial charge in [-0.1, -0.05) is 30.7 Å². The Labute approximate surface area is 145 Å². The van der Waals surface area contributed by atoms with E-state index < -0.39 is 0 Å². The second-order valence-electron chi connectivity index (χ2n) is 6.66. The molecular formula is C18H28ClN3O. The van der Waals surface area contributed by atoms with E-state index in [0.717, 1.165) is 19.6 Å². The first-order valence-electron chi connectivity index (χ1n) is 8.53. The van der Waals surface area contributed by atoms with Crippen LogP contribution in [0.4, 0.5) is 0 Å². The maximum atomic E-state index is 12.0. The number of rotatable bonds is 5. The summed E-state index contributed by atoms with van der Waals surface area (Å²) in [5, 5.41) is 6.24. The van der Waals surface area contributed by atoms with Crippen LogP contribution < -0.4 is 10.6 Å². The Hall–Kier alpha value is -1.10. The van der Waals surface area contributed by atoms with Gasteiger partial charge in [0.25, 0.3) is 0 Å². The van der Waals surface area contributed by atoms with E-state index in [0.29, 0.717) is 12.6 Å². The van der Waals surface area contributed by atoms with Crippen LogP contribution in [0.2, 0.25) is 0 Å². The lowest BCUT2D eigenvalue weighted by Crippen LogP contribution is -2.50. The van der Waals surface area contributed by atoms with Gasteiger partial charge in [-0.15, -0.1) is 12.4 Å². The average molecular weight is 338 g/mol. The van der Waals surface area contributed by atoms with E-state index in [9.17, 15) is 4.79 Å². The monoisotopic (exact) mass is 337 g/mol. The van der Waals surface area contributed by atoms with Crippen LogP contribution in [0.5, 0.6) is 0 Å². The molecule has 4 nitrogen and oxygen atoms in total. The summed E-state index contributed by atoms with van der Waals surface area (Å²) in [5.74, 6) is 0.342. The molecule has 0 aromatic heterocycles. The molecule has 1 amide bonds. The Morgan fingerprint density at radius 2 is 2.00 bits per heavy atom. The molecule has 128 valence electrons. The highest BCUT2D eigenvalue weighted by Gasteiger charge is 2.24. The van der Waals surface area contributed by atoms with Crippen molar-refractivity contribution in [3.05, 3.63) is 35.4 Å². The van der Waals surface area contributed by atoms with Gasteiger partial charge >= 0.3 is 0 Å². The van der Waals surface area contributed by atoms with Gasteiger partial charge in [-0.2, -0.15) is 0 Å². The van der Waals surface area contributed by atoms with Crippen LogP contribution in [0.25, 0.3) is 0 Å². The van der Waals surface area contributed by atoms with Crippen LogP contribution in [0.15, 0.2) is 24.3 Å². The number of hydrogen-bond acceptors (Lipinski definition) is 3. The first kappa shape index (κ1) is 18.2. The van der Waals surface area contributed by atoms with Crippen molar-refractivity contribution in [3.63, 3.8) is 0 Å². The summed E-state index contributed by atoms with van der Waals surface area (Å²) >= 11 is 0. The fraction of sp³-hybridized carbons (Fsp3) is 0.611. The summed E-state index contributed by atoms with van der Waals surface area (Å²) in [5.41, 5.74) is 2.60. The number of nitrogens with zero attached hydrogens (tertiary/aromatic N) is 1. The largest absolute Gasteiger partial charge is 0.352 e. The maximum Gasteiger partial charge on any atom is 0.225 e. The maximum absolute atomic E-state index is 12.0. The van der Waals surface area contributed by atoms with Crippen molar-refractivity contribution in [2.45, 2.75) is 45.3 Å². The minimum absolute atomic E-state index is 0. The lowest BCUT2D eigenvalue weighted by Gasteiger charge is -2.34. The van der Waals surface area contributed by atoms with Crippen LogP contribution in [-0.2, 0) is 17.9 Å². The van der Waals surface area contributed by atoms with Crippen LogP contribution >= 0.6 is 12.4 Å². The fourth-order valence-corrected chi connectivity index (χ4v) is 3.30. The van der Waals surface area contributed by atoms with Crippen LogP contribution in [0, 0.1) is 5.92 Å². The van der Waals surface area contributed by atoms with E-state index in [1.54, 1.807) is 0 Å². The quantitative estimate of drug-likeness (QED) is 0.866. The molecule has 1 aromatic carbocycles. The van der Waals surface area contributed by atoms with Gasteiger partial charge < -0.3 is 10.6 Å². The molecular weight excluding hydrogens is 310 g/mol. The number of carbonyl (C=O) groups excluding carboxylic acids is 1. The summed E-state index contributed by atoms with van der Waals surface area (Å²) in [6, 6.07) is 9.18. The van der Waals surface area contributed by atoms with Gasteiger partial charge in [0.2, 0.25) is 5.91 Å². The molecule has 0 spiro atoms. The summed E-state index contributed by atoms with van der Waals surface area (Å²) in [6.07, 6.45) is 3.95. The first-order valence-corrected chi connectivity index (χ1v) is 8.53. The second kappa shape index (κ2) is 8.67. The van der Waals surface area contributed by atoms with Crippen molar-refractivity contribution >= 4 is 18.3 Å². The number of hydrogen-bond donors (Lipinski definition) is 2. The van der Waals surface area contributed by atoms with Crippen molar-refractivity contribution in [3.8, 4) is 0 Å². The highest BCUT2D eigenvalue weighted by Crippen LogP contribution is 2.20. The van der Waals surface area contributed by atoms with Gasteiger partial charge in [-0.05, 0) is 37.4 Å². The summed E-state index contributed by atoms with van der Waals surface area (Å²) in [4.78, 5) is 14.6. The van der Waals surface area contributed by atoms with Crippen LogP contribution in [-0.4, -0.2) is 36.5 Å². The molecule has 2 saturated heterocycles. The lowest BCUT2D eigenvalue weighted by atomic mass is 10.00. The third kappa shape index (κ3) is 4.69. The standard InChI is InChI=1S/C18H27N3O.ClH/c1-14-6-4-5-9-21(14)13-16-8-3-2-7-15(16)12-20-18(22)17-10-19-11-17;/h2-3,7-8,14,17,19H,4-6,9-13H2,1H3,(H,20,22);1H. The van der Waals surface area contributed by atoms with E-state index in [1.807, 2.05) is 0 Å². The van der Waals surface area contributed by atoms with E-state index in [2.05, 4.69) is 46.7 Å². The number of piperidine rings is 1. The highest BCUT2D eigenvalue weighted by molar-refractivity contribution is 5.85. The van der Waals surface area contributed by atoms with Gasteiger partial charge in [0, 0.05) is 32.2 Å². The van der Waals surface area contributed by atoms with Gasteiger partial charge in [0.05, 0.1) is 5.92 Å². The van der Waals surface area contributed by atoms with Gasteiger partial charge in [-0.25, -0.2) is 0 Å². The Balaban J connectivity index is 0.00000192. The molecule has 0 saturated carbocycles. The van der Waals surface area contributed by atoms with Gasteiger partial charge in [-0.3, -0.25) is 9.69 Å². The van der Waals surface area contributed by atoms with Crippen molar-refractivity contribution in [1.29, 1.82) is 0 Å². The lowest BCUT2D eigenvalue weighted by molar-refractivity contribution is -0.126. The summed E-state index contributed by atoms with van der Waals surface area (Å²) < 4.78 is 0. The highest BCUT2D eigenvalue weighted by atomic mass is 35.5. The summed E-state index contributed by atoms with van der Waals surface area (Å²) in [6.45, 7) is 6.80. The number of amides is 1. The van der Waals surface area contributed by atoms with E-state index in [1.165, 1.54) is 36.9 Å². The Morgan fingerprint density at radius 1 is 1.26 bits per heavy atom. The van der Waals surface area contributed by atoms with Crippen molar-refractivity contribution in [2.24, 2.45) is 5.92 Å². The fourth-order valence-electron chi connectivity index (χ4n) is 3.30. The third-order valence-electron chi connectivity index (χ3n) is 5.04. The molecule has 1 aromatic rings. The summed E-state index contributed by atoms with van der Waals surface area (Å²) in [7, 11) is 0. The molecule has 0 aliphatic carbocycles. The molecule has 0 radical (unpaired) electrons. The normalized spacial score (nSPS) is 22.0. The number of likely N-dealkylation sites (tertiary alicyclic amines) is 1. The zero-order valence-corrected chi connectivity index (χ0v) is 14.7. The molecule has 2 aliphatic rings. The minimum atomic E-state index is 0. The zero-order valence-electron chi connectivity index (χ0n) is 13.9. The number of halogens is 1. The Bertz CT molecular complexity index is 519. The smallest absolute Gasteiger partial charge is 0.225 e. The Morgan fingerprint density at radius 3 is 2.65 bits per heavy atom. The van der Waals surface area contributed by atoms with E-state index >= 15 is 0 Å². The molecule has 2 fully saturated rings. The van der Waals surface area contributed by atoms with E-state index in [-0.39, 0.29) is 24.2 Å². The first-order chi connectivity index (χ1) is 10.7. The second-order valence-corrected chi connectivity index (χ2v) is 6.66. The Kier molecular flexibility index (Phi) is 6.88. The number of benzene rings is 1. The molecule has 0 bridgehead atoms. The third-order valence-corrected chi connectivity index (χ3v) is 5.04. The predicted octanol–water partition coefficient (Wildman–Crippen LogP) is 2.32. The number of carbonyl (C=O) groups is 1. The minimum Gasteiger partial charge on any atom is -0.352 e. The van der Waals surface area contributed by atoms with Crippen molar-refractivity contribution in [1.82, 2.24) is 15.5 Å². The van der Waals surface area contributed by atoms with Crippen LogP contribution in [0.3, 0.4) is 0 Å². The van der Waals surface area contributed by atoms with Crippen LogP contribution in [0.1, 0.15) is 37.3 Å². The SMILES string of the molecule is CC1CCCCN1Cc1ccccc1CNC(=O)C1CNC1.Cl. The van der Waals surface area contributed by atoms with Crippen molar-refractivity contribution < 1.29 is 4.79 Å². The number of nitrogens with one attached hydrogen (secondary N) is 2. The molecule has 1 atom stereocenters. The molecule has 2 N–H and O–H groups in total. The molecule has 5 heteroatoms. The topological polar surface area (TPSA) is 44.4 Å².